The fourth-order valence-electron chi connectivity index (χ4n) is 2.81. The van der Waals surface area contributed by atoms with Crippen molar-refractivity contribution in [1.82, 2.24) is 21.7 Å². The van der Waals surface area contributed by atoms with Gasteiger partial charge in [-0.25, -0.2) is 15.2 Å². The number of benzene rings is 2. The van der Waals surface area contributed by atoms with Crippen LogP contribution in [0.15, 0.2) is 48.5 Å². The predicted octanol–water partition coefficient (Wildman–Crippen LogP) is 1.73. The highest BCUT2D eigenvalue weighted by Gasteiger charge is 2.34. The molecule has 1 aliphatic rings. The van der Waals surface area contributed by atoms with E-state index in [-0.39, 0.29) is 23.8 Å². The summed E-state index contributed by atoms with van der Waals surface area (Å²) in [5.74, 6) is 0.302. The second-order valence-electron chi connectivity index (χ2n) is 5.92. The van der Waals surface area contributed by atoms with Crippen LogP contribution in [0, 0.1) is 5.82 Å². The van der Waals surface area contributed by atoms with Gasteiger partial charge in [-0.2, -0.15) is 5.53 Å². The van der Waals surface area contributed by atoms with Gasteiger partial charge in [0.2, 0.25) is 5.91 Å². The number of amides is 1. The standard InChI is InChI=1S/C18H21FN4O2/c1-11(12-5-9-15(25-2)10-6-12)20-18(24)17-16(21-23-22-17)13-3-7-14(19)8-4-13/h3-11,16-17,21-23H,1-2H3,(H,20,24). The zero-order valence-electron chi connectivity index (χ0n) is 14.0. The van der Waals surface area contributed by atoms with Crippen molar-refractivity contribution in [2.45, 2.75) is 25.0 Å². The lowest BCUT2D eigenvalue weighted by atomic mass is 9.99. The number of nitrogens with one attached hydrogen (secondary N) is 4. The van der Waals surface area contributed by atoms with E-state index in [1.807, 2.05) is 31.2 Å². The molecule has 0 saturated carbocycles. The first kappa shape index (κ1) is 17.3. The van der Waals surface area contributed by atoms with Gasteiger partial charge in [-0.15, -0.1) is 0 Å². The van der Waals surface area contributed by atoms with Crippen molar-refractivity contribution in [2.24, 2.45) is 0 Å². The molecule has 3 rings (SSSR count). The van der Waals surface area contributed by atoms with Gasteiger partial charge in [-0.1, -0.05) is 24.3 Å². The molecule has 1 aliphatic heterocycles. The molecular formula is C18H21FN4O2. The van der Waals surface area contributed by atoms with Gasteiger partial charge in [-0.05, 0) is 42.3 Å². The van der Waals surface area contributed by atoms with Crippen LogP contribution in [0.3, 0.4) is 0 Å². The van der Waals surface area contributed by atoms with Crippen LogP contribution in [-0.2, 0) is 4.79 Å². The summed E-state index contributed by atoms with van der Waals surface area (Å²) < 4.78 is 18.2. The molecule has 2 aromatic rings. The van der Waals surface area contributed by atoms with Crippen LogP contribution < -0.4 is 26.4 Å². The quantitative estimate of drug-likeness (QED) is 0.665. The topological polar surface area (TPSA) is 74.4 Å². The van der Waals surface area contributed by atoms with Crippen molar-refractivity contribution in [1.29, 1.82) is 0 Å². The van der Waals surface area contributed by atoms with Gasteiger partial charge in [0, 0.05) is 0 Å². The van der Waals surface area contributed by atoms with Crippen LogP contribution in [0.2, 0.25) is 0 Å². The highest BCUT2D eigenvalue weighted by Crippen LogP contribution is 2.21. The van der Waals surface area contributed by atoms with E-state index in [1.54, 1.807) is 19.2 Å². The zero-order chi connectivity index (χ0) is 17.8. The molecule has 2 aromatic carbocycles. The Morgan fingerprint density at radius 3 is 2.44 bits per heavy atom. The van der Waals surface area contributed by atoms with E-state index in [2.05, 4.69) is 21.7 Å². The summed E-state index contributed by atoms with van der Waals surface area (Å²) in [6.45, 7) is 1.92. The molecule has 0 aromatic heterocycles. The molecule has 1 amide bonds. The molecule has 132 valence electrons. The van der Waals surface area contributed by atoms with E-state index in [0.717, 1.165) is 16.9 Å². The van der Waals surface area contributed by atoms with Crippen LogP contribution in [0.25, 0.3) is 0 Å². The summed E-state index contributed by atoms with van der Waals surface area (Å²) in [7, 11) is 1.61. The number of hydrogen-bond donors (Lipinski definition) is 4. The number of hydrazine groups is 2. The number of methoxy groups -OCH3 is 1. The van der Waals surface area contributed by atoms with E-state index >= 15 is 0 Å². The maximum atomic E-state index is 13.1. The van der Waals surface area contributed by atoms with Gasteiger partial charge in [0.15, 0.2) is 0 Å². The minimum atomic E-state index is -0.522. The minimum Gasteiger partial charge on any atom is -0.497 e. The molecule has 4 N–H and O–H groups in total. The smallest absolute Gasteiger partial charge is 0.241 e. The summed E-state index contributed by atoms with van der Waals surface area (Å²) in [6, 6.07) is 12.6. The normalized spacial score (nSPS) is 20.9. The SMILES string of the molecule is COc1ccc(C(C)NC(=O)C2NNNC2c2ccc(F)cc2)cc1. The van der Waals surface area contributed by atoms with Gasteiger partial charge in [0.25, 0.3) is 0 Å². The van der Waals surface area contributed by atoms with Crippen LogP contribution in [-0.4, -0.2) is 19.1 Å². The maximum Gasteiger partial charge on any atom is 0.241 e. The Balaban J connectivity index is 1.67. The number of rotatable bonds is 5. The van der Waals surface area contributed by atoms with E-state index in [4.69, 9.17) is 4.74 Å². The Labute approximate surface area is 145 Å². The molecule has 1 heterocycles. The first-order valence-electron chi connectivity index (χ1n) is 8.04. The lowest BCUT2D eigenvalue weighted by molar-refractivity contribution is -0.123. The molecule has 3 atom stereocenters. The van der Waals surface area contributed by atoms with Gasteiger partial charge in [0.05, 0.1) is 19.2 Å². The number of carbonyl (C=O) groups excluding carboxylic acids is 1. The maximum absolute atomic E-state index is 13.1. The van der Waals surface area contributed by atoms with Crippen LogP contribution in [0.4, 0.5) is 4.39 Å². The van der Waals surface area contributed by atoms with Crippen molar-refractivity contribution in [2.75, 3.05) is 7.11 Å². The lowest BCUT2D eigenvalue weighted by Gasteiger charge is -2.21. The monoisotopic (exact) mass is 344 g/mol. The van der Waals surface area contributed by atoms with Crippen molar-refractivity contribution >= 4 is 5.91 Å². The highest BCUT2D eigenvalue weighted by atomic mass is 19.1. The first-order chi connectivity index (χ1) is 12.1. The third-order valence-electron chi connectivity index (χ3n) is 4.27. The summed E-state index contributed by atoms with van der Waals surface area (Å²) in [4.78, 5) is 12.7. The first-order valence-corrected chi connectivity index (χ1v) is 8.04. The lowest BCUT2D eigenvalue weighted by Crippen LogP contribution is -2.45. The van der Waals surface area contributed by atoms with E-state index in [0.29, 0.717) is 0 Å². The summed E-state index contributed by atoms with van der Waals surface area (Å²) >= 11 is 0. The molecule has 1 saturated heterocycles. The number of halogens is 1. The summed E-state index contributed by atoms with van der Waals surface area (Å²) in [5.41, 5.74) is 10.5. The van der Waals surface area contributed by atoms with Crippen LogP contribution >= 0.6 is 0 Å². The van der Waals surface area contributed by atoms with Gasteiger partial charge in [0.1, 0.15) is 17.6 Å². The largest absolute Gasteiger partial charge is 0.497 e. The second-order valence-corrected chi connectivity index (χ2v) is 5.92. The fourth-order valence-corrected chi connectivity index (χ4v) is 2.81. The highest BCUT2D eigenvalue weighted by molar-refractivity contribution is 5.83. The Kier molecular flexibility index (Phi) is 5.28. The van der Waals surface area contributed by atoms with E-state index in [1.165, 1.54) is 12.1 Å². The second kappa shape index (κ2) is 7.60. The molecular weight excluding hydrogens is 323 g/mol. The molecule has 1 fully saturated rings. The average molecular weight is 344 g/mol. The Bertz CT molecular complexity index is 721. The van der Waals surface area contributed by atoms with Crippen molar-refractivity contribution in [3.8, 4) is 5.75 Å². The van der Waals surface area contributed by atoms with Gasteiger partial charge in [-0.3, -0.25) is 4.79 Å². The third-order valence-corrected chi connectivity index (χ3v) is 4.27. The molecule has 25 heavy (non-hydrogen) atoms. The summed E-state index contributed by atoms with van der Waals surface area (Å²) in [5, 5.41) is 2.99. The third kappa shape index (κ3) is 3.96. The van der Waals surface area contributed by atoms with Crippen LogP contribution in [0.5, 0.6) is 5.75 Å². The Hall–Kier alpha value is -2.48. The van der Waals surface area contributed by atoms with Crippen molar-refractivity contribution in [3.05, 3.63) is 65.5 Å². The van der Waals surface area contributed by atoms with Crippen molar-refractivity contribution in [3.63, 3.8) is 0 Å². The van der Waals surface area contributed by atoms with E-state index in [9.17, 15) is 9.18 Å². The summed E-state index contributed by atoms with van der Waals surface area (Å²) in [6.07, 6.45) is 0. The van der Waals surface area contributed by atoms with Gasteiger partial charge < -0.3 is 10.1 Å². The molecule has 0 bridgehead atoms. The Morgan fingerprint density at radius 2 is 1.80 bits per heavy atom. The molecule has 6 nitrogen and oxygen atoms in total. The molecule has 0 radical (unpaired) electrons. The molecule has 3 unspecified atom stereocenters. The van der Waals surface area contributed by atoms with Crippen LogP contribution in [0.1, 0.15) is 30.1 Å². The fraction of sp³-hybridized carbons (Fsp3) is 0.278. The van der Waals surface area contributed by atoms with Crippen molar-refractivity contribution < 1.29 is 13.9 Å². The molecule has 0 aliphatic carbocycles. The zero-order valence-corrected chi connectivity index (χ0v) is 14.0. The van der Waals surface area contributed by atoms with E-state index < -0.39 is 6.04 Å². The van der Waals surface area contributed by atoms with Gasteiger partial charge >= 0.3 is 0 Å². The predicted molar refractivity (Wildman–Crippen MR) is 91.9 cm³/mol. The molecule has 7 heteroatoms. The number of hydrogen-bond acceptors (Lipinski definition) is 5. The Morgan fingerprint density at radius 1 is 1.12 bits per heavy atom. The minimum absolute atomic E-state index is 0.157. The number of carbonyl (C=O) groups is 1. The average Bonchev–Trinajstić information content (AvgIpc) is 3.12. The number of ether oxygens (including phenoxy) is 1. The molecule has 0 spiro atoms.